The molecule has 26 heavy (non-hydrogen) atoms. The Balaban J connectivity index is 1.91. The number of quaternary nitrogens is 1. The molecule has 0 aliphatic carbocycles. The Morgan fingerprint density at radius 3 is 2.73 bits per heavy atom. The molecule has 1 aromatic heterocycles. The van der Waals surface area contributed by atoms with Crippen LogP contribution in [0.4, 0.5) is 10.1 Å². The van der Waals surface area contributed by atoms with Gasteiger partial charge in [-0.05, 0) is 51.3 Å². The lowest BCUT2D eigenvalue weighted by molar-refractivity contribution is -0.918. The van der Waals surface area contributed by atoms with Gasteiger partial charge in [-0.3, -0.25) is 4.79 Å². The third-order valence-corrected chi connectivity index (χ3v) is 4.99. The molecule has 1 aliphatic heterocycles. The molecule has 1 fully saturated rings. The van der Waals surface area contributed by atoms with Crippen LogP contribution in [0.2, 0.25) is 0 Å². The fourth-order valence-electron chi connectivity index (χ4n) is 3.51. The number of likely N-dealkylation sites (tertiary alicyclic amines) is 1. The number of aromatic amines is 1. The summed E-state index contributed by atoms with van der Waals surface area (Å²) < 4.78 is 18.8. The fraction of sp³-hybridized carbons (Fsp3) is 0.474. The minimum atomic E-state index is -0.572. The van der Waals surface area contributed by atoms with Crippen molar-refractivity contribution in [1.82, 2.24) is 4.98 Å². The van der Waals surface area contributed by atoms with Gasteiger partial charge >= 0.3 is 5.97 Å². The van der Waals surface area contributed by atoms with Crippen LogP contribution in [0, 0.1) is 5.82 Å². The third kappa shape index (κ3) is 3.72. The maximum atomic E-state index is 13.7. The quantitative estimate of drug-likeness (QED) is 0.711. The number of aromatic nitrogens is 1. The first-order chi connectivity index (χ1) is 12.5. The summed E-state index contributed by atoms with van der Waals surface area (Å²) in [5.74, 6) is -1.19. The molecule has 2 aromatic rings. The van der Waals surface area contributed by atoms with Gasteiger partial charge in [0.25, 0.3) is 5.91 Å². The van der Waals surface area contributed by atoms with Gasteiger partial charge in [0.05, 0.1) is 25.4 Å². The van der Waals surface area contributed by atoms with Crippen molar-refractivity contribution >= 4 is 28.5 Å². The Morgan fingerprint density at radius 2 is 2.04 bits per heavy atom. The number of H-pyrrole nitrogens is 1. The van der Waals surface area contributed by atoms with Gasteiger partial charge in [0, 0.05) is 10.9 Å². The molecule has 0 spiro atoms. The van der Waals surface area contributed by atoms with Gasteiger partial charge in [-0.25, -0.2) is 9.18 Å². The van der Waals surface area contributed by atoms with Crippen LogP contribution in [0.3, 0.4) is 0 Å². The van der Waals surface area contributed by atoms with Crippen molar-refractivity contribution in [2.24, 2.45) is 0 Å². The van der Waals surface area contributed by atoms with E-state index < -0.39 is 11.8 Å². The summed E-state index contributed by atoms with van der Waals surface area (Å²) in [6, 6.07) is 3.91. The zero-order valence-electron chi connectivity index (χ0n) is 15.2. The standard InChI is InChI=1S/C19H24FN3O3/c1-3-26-19(25)17-16(14-11-13(20)7-8-15(14)21-17)22-18(24)12(2)23-9-5-4-6-10-23/h7-8,11-12,21H,3-6,9-10H2,1-2H3,(H,22,24)/p+1/t12-/m0/s1. The number of rotatable bonds is 5. The molecule has 0 saturated carbocycles. The van der Waals surface area contributed by atoms with E-state index >= 15 is 0 Å². The van der Waals surface area contributed by atoms with Crippen molar-refractivity contribution in [2.75, 3.05) is 25.0 Å². The molecule has 1 amide bonds. The molecule has 1 aromatic carbocycles. The third-order valence-electron chi connectivity index (χ3n) is 4.99. The predicted molar refractivity (Wildman–Crippen MR) is 96.9 cm³/mol. The fourth-order valence-corrected chi connectivity index (χ4v) is 3.51. The molecule has 7 heteroatoms. The number of benzene rings is 1. The number of amides is 1. The number of hydrogen-bond donors (Lipinski definition) is 3. The lowest BCUT2D eigenvalue weighted by Gasteiger charge is -2.28. The van der Waals surface area contributed by atoms with Gasteiger partial charge in [0.2, 0.25) is 0 Å². The molecule has 3 rings (SSSR count). The van der Waals surface area contributed by atoms with Crippen LogP contribution in [0.5, 0.6) is 0 Å². The number of anilines is 1. The highest BCUT2D eigenvalue weighted by Gasteiger charge is 2.29. The molecule has 0 radical (unpaired) electrons. The van der Waals surface area contributed by atoms with E-state index in [2.05, 4.69) is 10.3 Å². The zero-order chi connectivity index (χ0) is 18.7. The molecular formula is C19H25FN3O3+. The van der Waals surface area contributed by atoms with Gasteiger partial charge < -0.3 is 19.9 Å². The van der Waals surface area contributed by atoms with Crippen molar-refractivity contribution in [3.63, 3.8) is 0 Å². The number of fused-ring (bicyclic) bond motifs is 1. The maximum Gasteiger partial charge on any atom is 0.356 e. The number of piperidine rings is 1. The summed E-state index contributed by atoms with van der Waals surface area (Å²) in [4.78, 5) is 29.2. The largest absolute Gasteiger partial charge is 0.461 e. The Kier molecular flexibility index (Phi) is 5.56. The van der Waals surface area contributed by atoms with Gasteiger partial charge in [0.15, 0.2) is 6.04 Å². The molecule has 1 saturated heterocycles. The topological polar surface area (TPSA) is 75.6 Å². The van der Waals surface area contributed by atoms with Gasteiger partial charge in [-0.2, -0.15) is 0 Å². The maximum absolute atomic E-state index is 13.7. The molecule has 0 unspecified atom stereocenters. The zero-order valence-corrected chi connectivity index (χ0v) is 15.2. The first-order valence-corrected chi connectivity index (χ1v) is 9.15. The number of carbonyl (C=O) groups is 2. The van der Waals surface area contributed by atoms with Crippen LogP contribution in [-0.2, 0) is 9.53 Å². The van der Waals surface area contributed by atoms with Crippen molar-refractivity contribution in [3.8, 4) is 0 Å². The van der Waals surface area contributed by atoms with Crippen LogP contribution < -0.4 is 10.2 Å². The van der Waals surface area contributed by atoms with E-state index in [4.69, 9.17) is 4.74 Å². The first kappa shape index (κ1) is 18.4. The summed E-state index contributed by atoms with van der Waals surface area (Å²) in [6.45, 7) is 5.73. The van der Waals surface area contributed by atoms with E-state index in [1.807, 2.05) is 6.92 Å². The Morgan fingerprint density at radius 1 is 1.31 bits per heavy atom. The Hall–Kier alpha value is -2.41. The van der Waals surface area contributed by atoms with E-state index in [1.165, 1.54) is 23.5 Å². The second-order valence-corrected chi connectivity index (χ2v) is 6.72. The van der Waals surface area contributed by atoms with Gasteiger partial charge in [0.1, 0.15) is 11.5 Å². The van der Waals surface area contributed by atoms with Crippen LogP contribution in [0.25, 0.3) is 10.9 Å². The van der Waals surface area contributed by atoms with E-state index in [0.717, 1.165) is 25.9 Å². The minimum Gasteiger partial charge on any atom is -0.461 e. The van der Waals surface area contributed by atoms with Crippen LogP contribution in [0.1, 0.15) is 43.6 Å². The van der Waals surface area contributed by atoms with E-state index in [9.17, 15) is 14.0 Å². The second kappa shape index (κ2) is 7.86. The number of esters is 1. The predicted octanol–water partition coefficient (Wildman–Crippen LogP) is 1.88. The van der Waals surface area contributed by atoms with Crippen molar-refractivity contribution in [3.05, 3.63) is 29.7 Å². The highest BCUT2D eigenvalue weighted by molar-refractivity contribution is 6.11. The molecule has 0 bridgehead atoms. The number of ether oxygens (including phenoxy) is 1. The van der Waals surface area contributed by atoms with E-state index in [1.54, 1.807) is 13.0 Å². The number of halogens is 1. The van der Waals surface area contributed by atoms with Gasteiger partial charge in [-0.1, -0.05) is 0 Å². The van der Waals surface area contributed by atoms with Crippen molar-refractivity contribution < 1.29 is 23.6 Å². The number of carbonyl (C=O) groups excluding carboxylic acids is 2. The van der Waals surface area contributed by atoms with Crippen molar-refractivity contribution in [1.29, 1.82) is 0 Å². The normalized spacial score (nSPS) is 16.4. The summed E-state index contributed by atoms with van der Waals surface area (Å²) in [5, 5.41) is 3.30. The van der Waals surface area contributed by atoms with E-state index in [-0.39, 0.29) is 29.9 Å². The summed E-state index contributed by atoms with van der Waals surface area (Å²) >= 11 is 0. The lowest BCUT2D eigenvalue weighted by atomic mass is 10.1. The molecule has 1 aliphatic rings. The van der Waals surface area contributed by atoms with Crippen LogP contribution >= 0.6 is 0 Å². The summed E-state index contributed by atoms with van der Waals surface area (Å²) in [7, 11) is 0. The molecule has 2 heterocycles. The highest BCUT2D eigenvalue weighted by Crippen LogP contribution is 2.29. The summed E-state index contributed by atoms with van der Waals surface area (Å²) in [6.07, 6.45) is 3.42. The Bertz CT molecular complexity index is 812. The van der Waals surface area contributed by atoms with Crippen LogP contribution in [0.15, 0.2) is 18.2 Å². The Labute approximate surface area is 151 Å². The molecule has 6 nitrogen and oxygen atoms in total. The highest BCUT2D eigenvalue weighted by atomic mass is 19.1. The van der Waals surface area contributed by atoms with Crippen molar-refractivity contribution in [2.45, 2.75) is 39.2 Å². The smallest absolute Gasteiger partial charge is 0.356 e. The molecular weight excluding hydrogens is 337 g/mol. The van der Waals surface area contributed by atoms with Gasteiger partial charge in [-0.15, -0.1) is 0 Å². The van der Waals surface area contributed by atoms with Crippen LogP contribution in [-0.4, -0.2) is 42.6 Å². The molecule has 140 valence electrons. The van der Waals surface area contributed by atoms with E-state index in [0.29, 0.717) is 10.9 Å². The number of hydrogen-bond acceptors (Lipinski definition) is 3. The monoisotopic (exact) mass is 362 g/mol. The lowest BCUT2D eigenvalue weighted by Crippen LogP contribution is -3.17. The minimum absolute atomic E-state index is 0.140. The summed E-state index contributed by atoms with van der Waals surface area (Å²) in [5.41, 5.74) is 0.996. The first-order valence-electron chi connectivity index (χ1n) is 9.15. The average Bonchev–Trinajstić information content (AvgIpc) is 3.00. The SMILES string of the molecule is CCOC(=O)c1[nH]c2ccc(F)cc2c1NC(=O)[C@H](C)[NH+]1CCCCC1. The molecule has 1 atom stereocenters. The average molecular weight is 362 g/mol. The number of nitrogens with one attached hydrogen (secondary N) is 3. The second-order valence-electron chi connectivity index (χ2n) is 6.72. The molecule has 3 N–H and O–H groups in total.